The molecule has 88 valence electrons. The monoisotopic (exact) mass is 239 g/mol. The van der Waals surface area contributed by atoms with Crippen molar-refractivity contribution in [3.05, 3.63) is 23.5 Å². The maximum Gasteiger partial charge on any atom is 0.129 e. The fourth-order valence-corrected chi connectivity index (χ4v) is 2.37. The molecule has 0 bridgehead atoms. The number of anilines is 1. The van der Waals surface area contributed by atoms with Crippen LogP contribution in [0, 0.1) is 0 Å². The summed E-state index contributed by atoms with van der Waals surface area (Å²) in [7, 11) is 2.02. The van der Waals surface area contributed by atoms with Crippen LogP contribution in [0.1, 0.15) is 25.7 Å². The molecule has 1 aromatic heterocycles. The third-order valence-electron chi connectivity index (χ3n) is 3.13. The minimum Gasteiger partial charge on any atom is -0.355 e. The lowest BCUT2D eigenvalue weighted by molar-refractivity contribution is 0.507. The van der Waals surface area contributed by atoms with Gasteiger partial charge in [0, 0.05) is 6.54 Å². The fourth-order valence-electron chi connectivity index (χ4n) is 2.26. The van der Waals surface area contributed by atoms with E-state index in [2.05, 4.69) is 15.2 Å². The SMILES string of the molecule is CNC1CCCCCN1c1ccc(Cl)nc1. The highest BCUT2D eigenvalue weighted by molar-refractivity contribution is 6.29. The van der Waals surface area contributed by atoms with Crippen molar-refractivity contribution in [3.63, 3.8) is 0 Å². The van der Waals surface area contributed by atoms with E-state index in [0.717, 1.165) is 12.2 Å². The lowest BCUT2D eigenvalue weighted by Crippen LogP contribution is -2.43. The molecule has 1 atom stereocenters. The van der Waals surface area contributed by atoms with Crippen molar-refractivity contribution in [3.8, 4) is 0 Å². The van der Waals surface area contributed by atoms with E-state index in [9.17, 15) is 0 Å². The average Bonchev–Trinajstić information content (AvgIpc) is 2.55. The zero-order valence-corrected chi connectivity index (χ0v) is 10.4. The minimum atomic E-state index is 0.422. The zero-order chi connectivity index (χ0) is 11.4. The third kappa shape index (κ3) is 2.66. The summed E-state index contributed by atoms with van der Waals surface area (Å²) in [5, 5.41) is 3.93. The van der Waals surface area contributed by atoms with Crippen molar-refractivity contribution in [1.82, 2.24) is 10.3 Å². The Balaban J connectivity index is 2.18. The molecule has 0 spiro atoms. The Labute approximate surface area is 102 Å². The first-order valence-corrected chi connectivity index (χ1v) is 6.24. The molecule has 4 heteroatoms. The summed E-state index contributed by atoms with van der Waals surface area (Å²) >= 11 is 5.81. The van der Waals surface area contributed by atoms with Crippen molar-refractivity contribution >= 4 is 17.3 Å². The third-order valence-corrected chi connectivity index (χ3v) is 3.35. The van der Waals surface area contributed by atoms with Crippen molar-refractivity contribution in [2.45, 2.75) is 31.8 Å². The maximum atomic E-state index is 5.81. The van der Waals surface area contributed by atoms with Gasteiger partial charge in [-0.1, -0.05) is 18.0 Å². The molecule has 0 aliphatic carbocycles. The first kappa shape index (κ1) is 11.7. The summed E-state index contributed by atoms with van der Waals surface area (Å²) in [6.45, 7) is 1.09. The van der Waals surface area contributed by atoms with Gasteiger partial charge in [0.15, 0.2) is 0 Å². The van der Waals surface area contributed by atoms with E-state index in [1.807, 2.05) is 25.4 Å². The Morgan fingerprint density at radius 2 is 2.25 bits per heavy atom. The molecule has 3 nitrogen and oxygen atoms in total. The van der Waals surface area contributed by atoms with Gasteiger partial charge in [0.1, 0.15) is 5.15 Å². The van der Waals surface area contributed by atoms with Gasteiger partial charge in [-0.05, 0) is 38.4 Å². The summed E-state index contributed by atoms with van der Waals surface area (Å²) in [4.78, 5) is 6.53. The summed E-state index contributed by atoms with van der Waals surface area (Å²) in [6.07, 6.45) is 7.34. The van der Waals surface area contributed by atoms with E-state index in [1.54, 1.807) is 0 Å². The van der Waals surface area contributed by atoms with Crippen molar-refractivity contribution in [2.75, 3.05) is 18.5 Å². The van der Waals surface area contributed by atoms with Gasteiger partial charge in [-0.2, -0.15) is 0 Å². The average molecular weight is 240 g/mol. The number of pyridine rings is 1. The molecule has 1 unspecified atom stereocenters. The quantitative estimate of drug-likeness (QED) is 0.805. The van der Waals surface area contributed by atoms with Crippen molar-refractivity contribution in [1.29, 1.82) is 0 Å². The number of nitrogens with zero attached hydrogens (tertiary/aromatic N) is 2. The Morgan fingerprint density at radius 3 is 2.94 bits per heavy atom. The number of aromatic nitrogens is 1. The molecule has 16 heavy (non-hydrogen) atoms. The van der Waals surface area contributed by atoms with Gasteiger partial charge in [-0.25, -0.2) is 4.98 Å². The minimum absolute atomic E-state index is 0.422. The van der Waals surface area contributed by atoms with Crippen LogP contribution in [-0.2, 0) is 0 Å². The Hall–Kier alpha value is -0.800. The normalized spacial score (nSPS) is 21.9. The highest BCUT2D eigenvalue weighted by atomic mass is 35.5. The molecule has 0 aromatic carbocycles. The number of nitrogens with one attached hydrogen (secondary N) is 1. The zero-order valence-electron chi connectivity index (χ0n) is 9.62. The highest BCUT2D eigenvalue weighted by Gasteiger charge is 2.19. The fraction of sp³-hybridized carbons (Fsp3) is 0.583. The van der Waals surface area contributed by atoms with E-state index >= 15 is 0 Å². The molecule has 1 aliphatic heterocycles. The van der Waals surface area contributed by atoms with Gasteiger partial charge < -0.3 is 10.2 Å². The van der Waals surface area contributed by atoms with Gasteiger partial charge in [0.05, 0.1) is 18.1 Å². The van der Waals surface area contributed by atoms with E-state index in [4.69, 9.17) is 11.6 Å². The largest absolute Gasteiger partial charge is 0.355 e. The number of hydrogen-bond acceptors (Lipinski definition) is 3. The van der Waals surface area contributed by atoms with E-state index in [-0.39, 0.29) is 0 Å². The van der Waals surface area contributed by atoms with E-state index in [0.29, 0.717) is 11.3 Å². The molecular weight excluding hydrogens is 222 g/mol. The first-order valence-electron chi connectivity index (χ1n) is 5.87. The number of hydrogen-bond donors (Lipinski definition) is 1. The van der Waals surface area contributed by atoms with Crippen LogP contribution >= 0.6 is 11.6 Å². The van der Waals surface area contributed by atoms with Crippen molar-refractivity contribution < 1.29 is 0 Å². The topological polar surface area (TPSA) is 28.2 Å². The van der Waals surface area contributed by atoms with Crippen LogP contribution in [0.2, 0.25) is 5.15 Å². The second-order valence-corrected chi connectivity index (χ2v) is 4.57. The van der Waals surface area contributed by atoms with E-state index in [1.165, 1.54) is 25.7 Å². The summed E-state index contributed by atoms with van der Waals surface area (Å²) in [6, 6.07) is 3.90. The molecule has 1 aliphatic rings. The van der Waals surface area contributed by atoms with Gasteiger partial charge >= 0.3 is 0 Å². The highest BCUT2D eigenvalue weighted by Crippen LogP contribution is 2.22. The van der Waals surface area contributed by atoms with Crippen molar-refractivity contribution in [2.24, 2.45) is 0 Å². The predicted molar refractivity (Wildman–Crippen MR) is 67.9 cm³/mol. The smallest absolute Gasteiger partial charge is 0.129 e. The number of rotatable bonds is 2. The Morgan fingerprint density at radius 1 is 1.38 bits per heavy atom. The molecule has 1 saturated heterocycles. The second kappa shape index (κ2) is 5.51. The molecular formula is C12H18ClN3. The van der Waals surface area contributed by atoms with Crippen LogP contribution in [0.15, 0.2) is 18.3 Å². The molecule has 1 N–H and O–H groups in total. The van der Waals surface area contributed by atoms with E-state index < -0.39 is 0 Å². The van der Waals surface area contributed by atoms with Gasteiger partial charge in [0.25, 0.3) is 0 Å². The van der Waals surface area contributed by atoms with Crippen LogP contribution in [0.5, 0.6) is 0 Å². The van der Waals surface area contributed by atoms with Crippen LogP contribution in [0.3, 0.4) is 0 Å². The van der Waals surface area contributed by atoms with Crippen LogP contribution in [0.4, 0.5) is 5.69 Å². The maximum absolute atomic E-state index is 5.81. The molecule has 0 saturated carbocycles. The molecule has 0 amide bonds. The van der Waals surface area contributed by atoms with Gasteiger partial charge in [0.2, 0.25) is 0 Å². The first-order chi connectivity index (χ1) is 7.81. The summed E-state index contributed by atoms with van der Waals surface area (Å²) in [5.41, 5.74) is 1.16. The molecule has 2 heterocycles. The van der Waals surface area contributed by atoms with Crippen LogP contribution in [-0.4, -0.2) is 24.7 Å². The summed E-state index contributed by atoms with van der Waals surface area (Å²) < 4.78 is 0. The lowest BCUT2D eigenvalue weighted by atomic mass is 10.2. The molecule has 0 radical (unpaired) electrons. The van der Waals surface area contributed by atoms with Gasteiger partial charge in [-0.15, -0.1) is 0 Å². The molecule has 2 rings (SSSR count). The Kier molecular flexibility index (Phi) is 4.02. The number of halogens is 1. The van der Waals surface area contributed by atoms with Crippen LogP contribution in [0.25, 0.3) is 0 Å². The standard InChI is InChI=1S/C12H18ClN3/c1-14-12-5-3-2-4-8-16(12)10-6-7-11(13)15-9-10/h6-7,9,12,14H,2-5,8H2,1H3. The molecule has 1 fully saturated rings. The second-order valence-electron chi connectivity index (χ2n) is 4.19. The predicted octanol–water partition coefficient (Wildman–Crippen LogP) is 2.66. The summed E-state index contributed by atoms with van der Waals surface area (Å²) in [5.74, 6) is 0. The lowest BCUT2D eigenvalue weighted by Gasteiger charge is -2.31. The van der Waals surface area contributed by atoms with Gasteiger partial charge in [-0.3, -0.25) is 0 Å². The molecule has 1 aromatic rings. The van der Waals surface area contributed by atoms with Crippen LogP contribution < -0.4 is 10.2 Å². The Bertz CT molecular complexity index is 326.